The smallest absolute Gasteiger partial charge is 0.0574 e. The summed E-state index contributed by atoms with van der Waals surface area (Å²) < 4.78 is 0. The monoisotopic (exact) mass is 277 g/mol. The maximum Gasteiger partial charge on any atom is 0.0574 e. The molecule has 1 aliphatic rings. The fourth-order valence-corrected chi connectivity index (χ4v) is 2.98. The summed E-state index contributed by atoms with van der Waals surface area (Å²) in [5.74, 6) is 0.629. The molecule has 0 spiro atoms. The third-order valence-corrected chi connectivity index (χ3v) is 4.17. The highest BCUT2D eigenvalue weighted by Crippen LogP contribution is 2.26. The molecule has 2 rings (SSSR count). The second-order valence-electron chi connectivity index (χ2n) is 5.57. The molecule has 2 heterocycles. The molecule has 0 saturated carbocycles. The van der Waals surface area contributed by atoms with Crippen LogP contribution in [-0.4, -0.2) is 36.3 Å². The van der Waals surface area contributed by atoms with E-state index < -0.39 is 0 Å². The van der Waals surface area contributed by atoms with E-state index >= 15 is 0 Å². The summed E-state index contributed by atoms with van der Waals surface area (Å²) in [5, 5.41) is 12.5. The number of rotatable bonds is 7. The number of pyridine rings is 1. The molecule has 1 aliphatic heterocycles. The lowest BCUT2D eigenvalue weighted by atomic mass is 10.1. The van der Waals surface area contributed by atoms with Crippen molar-refractivity contribution in [1.82, 2.24) is 10.3 Å². The molecule has 0 aliphatic carbocycles. The van der Waals surface area contributed by atoms with Crippen LogP contribution in [0.3, 0.4) is 0 Å². The molecule has 2 N–H and O–H groups in total. The molecule has 1 aromatic rings. The molecular formula is C16H27N3O. The molecule has 0 bridgehead atoms. The fourth-order valence-electron chi connectivity index (χ4n) is 2.98. The third-order valence-electron chi connectivity index (χ3n) is 4.17. The van der Waals surface area contributed by atoms with Gasteiger partial charge in [-0.15, -0.1) is 0 Å². The second kappa shape index (κ2) is 7.60. The van der Waals surface area contributed by atoms with Crippen molar-refractivity contribution in [3.05, 3.63) is 24.0 Å². The van der Waals surface area contributed by atoms with Crippen molar-refractivity contribution in [1.29, 1.82) is 0 Å². The van der Waals surface area contributed by atoms with Gasteiger partial charge in [-0.05, 0) is 43.9 Å². The zero-order chi connectivity index (χ0) is 14.4. The lowest BCUT2D eigenvalue weighted by molar-refractivity contribution is 0.263. The van der Waals surface area contributed by atoms with Gasteiger partial charge in [0, 0.05) is 25.7 Å². The normalized spacial score (nSPS) is 20.4. The number of nitrogens with one attached hydrogen (secondary N) is 1. The number of aliphatic hydroxyl groups excluding tert-OH is 1. The van der Waals surface area contributed by atoms with Crippen molar-refractivity contribution in [2.75, 3.05) is 31.1 Å². The SMILES string of the molecule is CCNC(CC)c1ccc(N2CCC(CCO)C2)cn1. The van der Waals surface area contributed by atoms with Gasteiger partial charge in [0.15, 0.2) is 0 Å². The summed E-state index contributed by atoms with van der Waals surface area (Å²) in [4.78, 5) is 7.01. The van der Waals surface area contributed by atoms with Crippen molar-refractivity contribution in [2.24, 2.45) is 5.92 Å². The highest BCUT2D eigenvalue weighted by atomic mass is 16.3. The number of aliphatic hydroxyl groups is 1. The minimum atomic E-state index is 0.302. The van der Waals surface area contributed by atoms with Crippen LogP contribution in [0.1, 0.15) is 44.8 Å². The van der Waals surface area contributed by atoms with Crippen molar-refractivity contribution >= 4 is 5.69 Å². The van der Waals surface area contributed by atoms with E-state index in [9.17, 15) is 0 Å². The zero-order valence-corrected chi connectivity index (χ0v) is 12.7. The van der Waals surface area contributed by atoms with E-state index in [-0.39, 0.29) is 0 Å². The van der Waals surface area contributed by atoms with E-state index in [1.54, 1.807) is 0 Å². The van der Waals surface area contributed by atoms with Gasteiger partial charge in [0.1, 0.15) is 0 Å². The maximum atomic E-state index is 9.02. The topological polar surface area (TPSA) is 48.4 Å². The zero-order valence-electron chi connectivity index (χ0n) is 12.7. The quantitative estimate of drug-likeness (QED) is 0.803. The number of anilines is 1. The minimum absolute atomic E-state index is 0.302. The molecule has 0 amide bonds. The first-order valence-corrected chi connectivity index (χ1v) is 7.83. The molecule has 4 heteroatoms. The van der Waals surface area contributed by atoms with Crippen LogP contribution in [-0.2, 0) is 0 Å². The van der Waals surface area contributed by atoms with Crippen molar-refractivity contribution in [2.45, 2.75) is 39.2 Å². The van der Waals surface area contributed by atoms with Gasteiger partial charge in [-0.25, -0.2) is 0 Å². The number of hydrogen-bond donors (Lipinski definition) is 2. The highest BCUT2D eigenvalue weighted by Gasteiger charge is 2.22. The van der Waals surface area contributed by atoms with Gasteiger partial charge in [0.2, 0.25) is 0 Å². The molecule has 0 aromatic carbocycles. The van der Waals surface area contributed by atoms with Crippen LogP contribution in [0.25, 0.3) is 0 Å². The van der Waals surface area contributed by atoms with E-state index in [1.807, 2.05) is 6.20 Å². The molecular weight excluding hydrogens is 250 g/mol. The van der Waals surface area contributed by atoms with E-state index in [1.165, 1.54) is 12.1 Å². The largest absolute Gasteiger partial charge is 0.396 e. The van der Waals surface area contributed by atoms with Gasteiger partial charge < -0.3 is 15.3 Å². The summed E-state index contributed by atoms with van der Waals surface area (Å²) >= 11 is 0. The van der Waals surface area contributed by atoms with Crippen LogP contribution in [0.2, 0.25) is 0 Å². The van der Waals surface area contributed by atoms with Gasteiger partial charge in [-0.2, -0.15) is 0 Å². The van der Waals surface area contributed by atoms with Crippen LogP contribution in [0.5, 0.6) is 0 Å². The summed E-state index contributed by atoms with van der Waals surface area (Å²) in [6.07, 6.45) is 5.15. The summed E-state index contributed by atoms with van der Waals surface area (Å²) in [5.41, 5.74) is 2.34. The van der Waals surface area contributed by atoms with Crippen LogP contribution in [0.4, 0.5) is 5.69 Å². The molecule has 20 heavy (non-hydrogen) atoms. The number of nitrogens with zero attached hydrogens (tertiary/aromatic N) is 2. The lowest BCUT2D eigenvalue weighted by Gasteiger charge is -2.20. The lowest BCUT2D eigenvalue weighted by Crippen LogP contribution is -2.22. The summed E-state index contributed by atoms with van der Waals surface area (Å²) in [7, 11) is 0. The maximum absolute atomic E-state index is 9.02. The average Bonchev–Trinajstić information content (AvgIpc) is 2.94. The van der Waals surface area contributed by atoms with Gasteiger partial charge in [0.25, 0.3) is 0 Å². The predicted molar refractivity (Wildman–Crippen MR) is 83.0 cm³/mol. The molecule has 1 saturated heterocycles. The molecule has 1 fully saturated rings. The van der Waals surface area contributed by atoms with Crippen LogP contribution in [0, 0.1) is 5.92 Å². The van der Waals surface area contributed by atoms with E-state index in [0.29, 0.717) is 18.6 Å². The first kappa shape index (κ1) is 15.3. The Morgan fingerprint density at radius 2 is 2.30 bits per heavy atom. The third kappa shape index (κ3) is 3.70. The second-order valence-corrected chi connectivity index (χ2v) is 5.57. The number of aromatic nitrogens is 1. The Morgan fingerprint density at radius 1 is 1.45 bits per heavy atom. The number of hydrogen-bond acceptors (Lipinski definition) is 4. The van der Waals surface area contributed by atoms with Crippen LogP contribution < -0.4 is 10.2 Å². The first-order chi connectivity index (χ1) is 9.78. The Morgan fingerprint density at radius 3 is 2.90 bits per heavy atom. The Labute approximate surface area is 122 Å². The van der Waals surface area contributed by atoms with Gasteiger partial charge >= 0.3 is 0 Å². The van der Waals surface area contributed by atoms with Crippen LogP contribution >= 0.6 is 0 Å². The Kier molecular flexibility index (Phi) is 5.80. The first-order valence-electron chi connectivity index (χ1n) is 7.83. The van der Waals surface area contributed by atoms with Gasteiger partial charge in [-0.1, -0.05) is 13.8 Å². The van der Waals surface area contributed by atoms with E-state index in [0.717, 1.165) is 38.2 Å². The molecule has 0 radical (unpaired) electrons. The van der Waals surface area contributed by atoms with Crippen molar-refractivity contribution < 1.29 is 5.11 Å². The Hall–Kier alpha value is -1.13. The van der Waals surface area contributed by atoms with E-state index in [4.69, 9.17) is 5.11 Å². The standard InChI is InChI=1S/C16H27N3O/c1-3-15(17-4-2)16-6-5-14(11-18-16)19-9-7-13(12-19)8-10-20/h5-6,11,13,15,17,20H,3-4,7-10,12H2,1-2H3. The Bertz CT molecular complexity index is 393. The van der Waals surface area contributed by atoms with Gasteiger partial charge in [0.05, 0.1) is 17.6 Å². The van der Waals surface area contributed by atoms with E-state index in [2.05, 4.69) is 41.2 Å². The highest BCUT2D eigenvalue weighted by molar-refractivity contribution is 5.45. The molecule has 1 aromatic heterocycles. The van der Waals surface area contributed by atoms with Crippen LogP contribution in [0.15, 0.2) is 18.3 Å². The Balaban J connectivity index is 1.98. The van der Waals surface area contributed by atoms with Crippen molar-refractivity contribution in [3.63, 3.8) is 0 Å². The van der Waals surface area contributed by atoms with Crippen molar-refractivity contribution in [3.8, 4) is 0 Å². The minimum Gasteiger partial charge on any atom is -0.396 e. The fraction of sp³-hybridized carbons (Fsp3) is 0.688. The summed E-state index contributed by atoms with van der Waals surface area (Å²) in [6.45, 7) is 7.71. The van der Waals surface area contributed by atoms with Gasteiger partial charge in [-0.3, -0.25) is 4.98 Å². The molecule has 2 atom stereocenters. The molecule has 112 valence electrons. The molecule has 4 nitrogen and oxygen atoms in total. The average molecular weight is 277 g/mol. The predicted octanol–water partition coefficient (Wildman–Crippen LogP) is 2.35. The molecule has 2 unspecified atom stereocenters. The summed E-state index contributed by atoms with van der Waals surface area (Å²) in [6, 6.07) is 4.68.